The molecule has 0 radical (unpaired) electrons. The first-order chi connectivity index (χ1) is 9.38. The van der Waals surface area contributed by atoms with Crippen LogP contribution in [-0.2, 0) is 6.61 Å². The number of rotatable bonds is 4. The maximum Gasteiger partial charge on any atom is 1.00 e. The molecule has 0 aliphatic heterocycles. The van der Waals surface area contributed by atoms with Crippen molar-refractivity contribution in [2.75, 3.05) is 0 Å². The molecule has 2 aromatic rings. The van der Waals surface area contributed by atoms with Gasteiger partial charge in [0.05, 0.1) is 5.75 Å². The van der Waals surface area contributed by atoms with Crippen molar-refractivity contribution in [1.82, 2.24) is 0 Å². The van der Waals surface area contributed by atoms with Crippen molar-refractivity contribution >= 4 is 12.4 Å². The minimum Gasteiger partial charge on any atom is -0.492 e. The second kappa shape index (κ2) is 7.73. The zero-order valence-electron chi connectivity index (χ0n) is 11.1. The Morgan fingerprint density at radius 2 is 1.62 bits per heavy atom. The van der Waals surface area contributed by atoms with Crippen LogP contribution in [0.4, 0.5) is 21.7 Å². The number of benzene rings is 2. The molecular weight excluding hydrogens is 317 g/mol. The van der Waals surface area contributed by atoms with Gasteiger partial charge in [0.2, 0.25) is 0 Å². The smallest absolute Gasteiger partial charge is 0.492 e. The van der Waals surface area contributed by atoms with Crippen molar-refractivity contribution in [3.63, 3.8) is 0 Å². The van der Waals surface area contributed by atoms with Crippen LogP contribution in [0.3, 0.4) is 0 Å². The molecular formula is C13H9BF5KO. The van der Waals surface area contributed by atoms with Gasteiger partial charge >= 0.3 is 58.4 Å². The van der Waals surface area contributed by atoms with Crippen molar-refractivity contribution < 1.29 is 77.8 Å². The Balaban J connectivity index is 0.00000220. The molecule has 0 atom stereocenters. The van der Waals surface area contributed by atoms with Crippen LogP contribution < -0.4 is 61.6 Å². The molecule has 0 aliphatic carbocycles. The van der Waals surface area contributed by atoms with E-state index in [2.05, 4.69) is 0 Å². The molecule has 1 nitrogen and oxygen atoms in total. The third-order valence-electron chi connectivity index (χ3n) is 2.67. The van der Waals surface area contributed by atoms with Crippen LogP contribution in [0.15, 0.2) is 42.5 Å². The van der Waals surface area contributed by atoms with E-state index in [0.717, 1.165) is 12.1 Å². The van der Waals surface area contributed by atoms with Crippen LogP contribution in [0, 0.1) is 11.6 Å². The van der Waals surface area contributed by atoms with E-state index in [1.165, 1.54) is 18.2 Å². The molecule has 0 bridgehead atoms. The topological polar surface area (TPSA) is 9.23 Å². The molecule has 0 N–H and O–H groups in total. The summed E-state index contributed by atoms with van der Waals surface area (Å²) in [7, 11) is 0. The van der Waals surface area contributed by atoms with E-state index in [9.17, 15) is 21.7 Å². The van der Waals surface area contributed by atoms with E-state index in [4.69, 9.17) is 4.74 Å². The summed E-state index contributed by atoms with van der Waals surface area (Å²) in [5, 5.41) is 0. The molecule has 21 heavy (non-hydrogen) atoms. The summed E-state index contributed by atoms with van der Waals surface area (Å²) in [5.74, 6) is -2.09. The number of halogens is 5. The first-order valence-corrected chi connectivity index (χ1v) is 5.73. The average Bonchev–Trinajstić information content (AvgIpc) is 2.38. The van der Waals surface area contributed by atoms with Gasteiger partial charge in [-0.3, -0.25) is 0 Å². The standard InChI is InChI=1S/C13H9BF5O.K/c15-10-5-6-13(11(7-10)14(17,18)19)20-8-9-3-1-2-4-12(9)16;/h1-7H,8H2;/q-1;+1. The fourth-order valence-electron chi connectivity index (χ4n) is 1.68. The molecule has 106 valence electrons. The Morgan fingerprint density at radius 3 is 2.24 bits per heavy atom. The molecule has 0 aliphatic rings. The summed E-state index contributed by atoms with van der Waals surface area (Å²) in [6, 6.07) is 7.71. The van der Waals surface area contributed by atoms with Gasteiger partial charge in [0.1, 0.15) is 18.2 Å². The summed E-state index contributed by atoms with van der Waals surface area (Å²) in [5.41, 5.74) is -1.04. The fraction of sp³-hybridized carbons (Fsp3) is 0.0769. The molecule has 0 heterocycles. The van der Waals surface area contributed by atoms with Gasteiger partial charge in [-0.25, -0.2) is 8.78 Å². The summed E-state index contributed by atoms with van der Waals surface area (Å²) in [6.45, 7) is -5.77. The van der Waals surface area contributed by atoms with Gasteiger partial charge in [-0.1, -0.05) is 23.7 Å². The van der Waals surface area contributed by atoms with Gasteiger partial charge < -0.3 is 17.7 Å². The van der Waals surface area contributed by atoms with Crippen LogP contribution in [0.5, 0.6) is 5.75 Å². The van der Waals surface area contributed by atoms with Gasteiger partial charge in [0, 0.05) is 5.56 Å². The van der Waals surface area contributed by atoms with Crippen LogP contribution in [0.2, 0.25) is 0 Å². The van der Waals surface area contributed by atoms with Crippen LogP contribution in [0.25, 0.3) is 0 Å². The van der Waals surface area contributed by atoms with Gasteiger partial charge in [-0.15, -0.1) is 0 Å². The Hall–Kier alpha value is -0.409. The number of hydrogen-bond donors (Lipinski definition) is 0. The predicted octanol–water partition coefficient (Wildman–Crippen LogP) is 0.602. The third-order valence-corrected chi connectivity index (χ3v) is 2.67. The maximum absolute atomic E-state index is 13.3. The molecule has 0 spiro atoms. The van der Waals surface area contributed by atoms with Crippen molar-refractivity contribution in [2.24, 2.45) is 0 Å². The summed E-state index contributed by atoms with van der Waals surface area (Å²) < 4.78 is 69.5. The summed E-state index contributed by atoms with van der Waals surface area (Å²) in [4.78, 5) is 0. The molecule has 2 rings (SSSR count). The van der Waals surface area contributed by atoms with E-state index in [0.29, 0.717) is 6.07 Å². The van der Waals surface area contributed by atoms with Crippen molar-refractivity contribution in [1.29, 1.82) is 0 Å². The number of hydrogen-bond acceptors (Lipinski definition) is 1. The fourth-order valence-corrected chi connectivity index (χ4v) is 1.68. The van der Waals surface area contributed by atoms with E-state index >= 15 is 0 Å². The summed E-state index contributed by atoms with van der Waals surface area (Å²) >= 11 is 0. The number of ether oxygens (including phenoxy) is 1. The largest absolute Gasteiger partial charge is 1.00 e. The molecule has 8 heteroatoms. The Bertz CT molecular complexity index is 618. The zero-order chi connectivity index (χ0) is 14.8. The Kier molecular flexibility index (Phi) is 6.86. The summed E-state index contributed by atoms with van der Waals surface area (Å²) in [6.07, 6.45) is 0. The molecule has 0 amide bonds. The molecule has 0 saturated carbocycles. The van der Waals surface area contributed by atoms with Crippen LogP contribution >= 0.6 is 0 Å². The third kappa shape index (κ3) is 5.07. The van der Waals surface area contributed by atoms with Crippen molar-refractivity contribution in [2.45, 2.75) is 6.61 Å². The second-order valence-electron chi connectivity index (χ2n) is 4.14. The zero-order valence-corrected chi connectivity index (χ0v) is 14.2. The Labute approximate surface area is 161 Å². The minimum atomic E-state index is -5.41. The van der Waals surface area contributed by atoms with Gasteiger partial charge in [0.15, 0.2) is 0 Å². The van der Waals surface area contributed by atoms with E-state index in [1.807, 2.05) is 0 Å². The first-order valence-electron chi connectivity index (χ1n) is 5.73. The average molecular weight is 326 g/mol. The van der Waals surface area contributed by atoms with Gasteiger partial charge in [0.25, 0.3) is 0 Å². The quantitative estimate of drug-likeness (QED) is 0.591. The van der Waals surface area contributed by atoms with Crippen molar-refractivity contribution in [3.05, 3.63) is 59.7 Å². The Morgan fingerprint density at radius 1 is 0.952 bits per heavy atom. The van der Waals surface area contributed by atoms with E-state index < -0.39 is 29.8 Å². The monoisotopic (exact) mass is 326 g/mol. The second-order valence-corrected chi connectivity index (χ2v) is 4.14. The molecule has 0 fully saturated rings. The molecule has 0 saturated heterocycles. The molecule has 0 unspecified atom stereocenters. The SMILES string of the molecule is Fc1ccc(OCc2ccccc2F)c([B-](F)(F)F)c1.[K+]. The van der Waals surface area contributed by atoms with E-state index in [1.54, 1.807) is 6.07 Å². The molecule has 0 aromatic heterocycles. The van der Waals surface area contributed by atoms with Gasteiger partial charge in [-0.05, 0) is 24.3 Å². The predicted molar refractivity (Wildman–Crippen MR) is 65.8 cm³/mol. The molecule has 2 aromatic carbocycles. The minimum absolute atomic E-state index is 0. The first kappa shape index (κ1) is 18.6. The van der Waals surface area contributed by atoms with Crippen molar-refractivity contribution in [3.8, 4) is 5.75 Å². The van der Waals surface area contributed by atoms with Crippen LogP contribution in [-0.4, -0.2) is 6.98 Å². The van der Waals surface area contributed by atoms with Crippen LogP contribution in [0.1, 0.15) is 5.56 Å². The maximum atomic E-state index is 13.3. The van der Waals surface area contributed by atoms with E-state index in [-0.39, 0.29) is 63.6 Å². The normalized spacial score (nSPS) is 10.9. The van der Waals surface area contributed by atoms with Gasteiger partial charge in [-0.2, -0.15) is 0 Å².